The molecule has 22 heavy (non-hydrogen) atoms. The molecular weight excluding hydrogens is 272 g/mol. The van der Waals surface area contributed by atoms with Gasteiger partial charge in [-0.3, -0.25) is 4.79 Å². The molecule has 0 spiro atoms. The lowest BCUT2D eigenvalue weighted by atomic mass is 10.0. The fourth-order valence-corrected chi connectivity index (χ4v) is 2.89. The van der Waals surface area contributed by atoms with E-state index >= 15 is 0 Å². The minimum atomic E-state index is 0.0553. The molecule has 4 aromatic rings. The van der Waals surface area contributed by atoms with E-state index in [0.717, 1.165) is 33.1 Å². The minimum Gasteiger partial charge on any atom is -0.360 e. The van der Waals surface area contributed by atoms with Crippen LogP contribution in [0.1, 0.15) is 17.3 Å². The van der Waals surface area contributed by atoms with E-state index in [1.165, 1.54) is 0 Å². The van der Waals surface area contributed by atoms with E-state index in [2.05, 4.69) is 11.1 Å². The number of aromatic nitrogens is 2. The van der Waals surface area contributed by atoms with Crippen molar-refractivity contribution in [3.05, 3.63) is 66.4 Å². The van der Waals surface area contributed by atoms with Crippen molar-refractivity contribution in [2.24, 2.45) is 0 Å². The number of ketones is 1. The van der Waals surface area contributed by atoms with Crippen LogP contribution in [0.25, 0.3) is 33.1 Å². The minimum absolute atomic E-state index is 0.0553. The lowest BCUT2D eigenvalue weighted by molar-refractivity contribution is 0.101. The van der Waals surface area contributed by atoms with Crippen LogP contribution < -0.4 is 0 Å². The average molecular weight is 286 g/mol. The molecule has 0 aliphatic heterocycles. The molecule has 0 atom stereocenters. The summed E-state index contributed by atoms with van der Waals surface area (Å²) in [5, 5.41) is 2.01. The predicted molar refractivity (Wildman–Crippen MR) is 89.0 cm³/mol. The number of carbonyl (C=O) groups excluding carboxylic acids is 1. The standard InChI is InChI=1S/C19H14N2O/c1-12(22)15-10-19(21-18-9-5-3-6-13(15)18)16-11-20-17-8-4-2-7-14(16)17/h2-11,20H,1H3. The monoisotopic (exact) mass is 286 g/mol. The molecule has 0 fully saturated rings. The molecule has 2 aromatic heterocycles. The summed E-state index contributed by atoms with van der Waals surface area (Å²) in [6.07, 6.45) is 1.95. The molecule has 1 N–H and O–H groups in total. The van der Waals surface area contributed by atoms with Gasteiger partial charge in [-0.25, -0.2) is 4.98 Å². The largest absolute Gasteiger partial charge is 0.360 e. The molecule has 0 saturated heterocycles. The Morgan fingerprint density at radius 2 is 1.73 bits per heavy atom. The Labute approximate surface area is 127 Å². The van der Waals surface area contributed by atoms with E-state index in [1.807, 2.05) is 54.7 Å². The molecule has 0 aliphatic rings. The maximum Gasteiger partial charge on any atom is 0.160 e. The van der Waals surface area contributed by atoms with Gasteiger partial charge in [0, 0.05) is 33.6 Å². The van der Waals surface area contributed by atoms with Gasteiger partial charge in [-0.2, -0.15) is 0 Å². The summed E-state index contributed by atoms with van der Waals surface area (Å²) in [5.74, 6) is 0.0553. The summed E-state index contributed by atoms with van der Waals surface area (Å²) < 4.78 is 0. The van der Waals surface area contributed by atoms with Crippen LogP contribution in [0.5, 0.6) is 0 Å². The summed E-state index contributed by atoms with van der Waals surface area (Å²) in [6, 6.07) is 17.7. The Morgan fingerprint density at radius 1 is 1.00 bits per heavy atom. The van der Waals surface area contributed by atoms with Crippen LogP contribution >= 0.6 is 0 Å². The highest BCUT2D eigenvalue weighted by Gasteiger charge is 2.13. The first kappa shape index (κ1) is 12.8. The van der Waals surface area contributed by atoms with Crippen LogP contribution in [0.3, 0.4) is 0 Å². The van der Waals surface area contributed by atoms with Crippen molar-refractivity contribution in [2.45, 2.75) is 6.92 Å². The number of aromatic amines is 1. The van der Waals surface area contributed by atoms with Gasteiger partial charge in [0.15, 0.2) is 5.78 Å². The first-order valence-corrected chi connectivity index (χ1v) is 7.21. The zero-order valence-electron chi connectivity index (χ0n) is 12.1. The molecule has 4 rings (SSSR count). The summed E-state index contributed by atoms with van der Waals surface area (Å²) in [4.78, 5) is 20.0. The van der Waals surface area contributed by atoms with Gasteiger partial charge in [0.1, 0.15) is 0 Å². The highest BCUT2D eigenvalue weighted by Crippen LogP contribution is 2.30. The van der Waals surface area contributed by atoms with Crippen LogP contribution in [-0.2, 0) is 0 Å². The van der Waals surface area contributed by atoms with Crippen LogP contribution in [0, 0.1) is 0 Å². The third-order valence-corrected chi connectivity index (χ3v) is 3.96. The maximum atomic E-state index is 12.0. The number of fused-ring (bicyclic) bond motifs is 2. The lowest BCUT2D eigenvalue weighted by Crippen LogP contribution is -1.97. The first-order valence-electron chi connectivity index (χ1n) is 7.21. The van der Waals surface area contributed by atoms with Gasteiger partial charge in [0.25, 0.3) is 0 Å². The molecule has 0 aliphatic carbocycles. The number of carbonyl (C=O) groups is 1. The number of Topliss-reactive ketones (excluding diaryl/α,β-unsaturated/α-hetero) is 1. The maximum absolute atomic E-state index is 12.0. The SMILES string of the molecule is CC(=O)c1cc(-c2c[nH]c3ccccc23)nc2ccccc12. The highest BCUT2D eigenvalue weighted by atomic mass is 16.1. The van der Waals surface area contributed by atoms with Crippen LogP contribution in [-0.4, -0.2) is 15.8 Å². The Hall–Kier alpha value is -2.94. The number of para-hydroxylation sites is 2. The van der Waals surface area contributed by atoms with Gasteiger partial charge in [-0.15, -0.1) is 0 Å². The van der Waals surface area contributed by atoms with Crippen molar-refractivity contribution >= 4 is 27.6 Å². The Bertz CT molecular complexity index is 1010. The van der Waals surface area contributed by atoms with Crippen molar-refractivity contribution < 1.29 is 4.79 Å². The van der Waals surface area contributed by atoms with E-state index in [0.29, 0.717) is 5.56 Å². The van der Waals surface area contributed by atoms with E-state index in [1.54, 1.807) is 6.92 Å². The first-order chi connectivity index (χ1) is 10.7. The molecule has 0 bridgehead atoms. The molecule has 0 radical (unpaired) electrons. The molecular formula is C19H14N2O. The van der Waals surface area contributed by atoms with Crippen molar-refractivity contribution in [1.29, 1.82) is 0 Å². The molecule has 0 saturated carbocycles. The highest BCUT2D eigenvalue weighted by molar-refractivity contribution is 6.08. The van der Waals surface area contributed by atoms with Crippen LogP contribution in [0.15, 0.2) is 60.8 Å². The second kappa shape index (κ2) is 4.81. The fourth-order valence-electron chi connectivity index (χ4n) is 2.89. The summed E-state index contributed by atoms with van der Waals surface area (Å²) >= 11 is 0. The Morgan fingerprint density at radius 3 is 2.55 bits per heavy atom. The summed E-state index contributed by atoms with van der Waals surface area (Å²) in [5.41, 5.74) is 4.46. The van der Waals surface area contributed by atoms with Gasteiger partial charge in [0.05, 0.1) is 11.2 Å². The lowest BCUT2D eigenvalue weighted by Gasteiger charge is -2.07. The van der Waals surface area contributed by atoms with E-state index < -0.39 is 0 Å². The quantitative estimate of drug-likeness (QED) is 0.548. The number of pyridine rings is 1. The molecule has 0 unspecified atom stereocenters. The normalized spacial score (nSPS) is 11.1. The van der Waals surface area contributed by atoms with Crippen LogP contribution in [0.4, 0.5) is 0 Å². The van der Waals surface area contributed by atoms with E-state index in [-0.39, 0.29) is 5.78 Å². The number of rotatable bonds is 2. The molecule has 2 heterocycles. The third-order valence-electron chi connectivity index (χ3n) is 3.96. The number of nitrogens with zero attached hydrogens (tertiary/aromatic N) is 1. The Balaban J connectivity index is 2.05. The molecule has 2 aromatic carbocycles. The number of H-pyrrole nitrogens is 1. The third kappa shape index (κ3) is 1.91. The fraction of sp³-hybridized carbons (Fsp3) is 0.0526. The van der Waals surface area contributed by atoms with Crippen molar-refractivity contribution in [2.75, 3.05) is 0 Å². The van der Waals surface area contributed by atoms with Gasteiger partial charge in [-0.05, 0) is 25.1 Å². The van der Waals surface area contributed by atoms with Gasteiger partial charge >= 0.3 is 0 Å². The molecule has 0 amide bonds. The van der Waals surface area contributed by atoms with E-state index in [9.17, 15) is 4.79 Å². The van der Waals surface area contributed by atoms with Crippen molar-refractivity contribution in [3.63, 3.8) is 0 Å². The average Bonchev–Trinajstić information content (AvgIpc) is 2.97. The van der Waals surface area contributed by atoms with Crippen LogP contribution in [0.2, 0.25) is 0 Å². The Kier molecular flexibility index (Phi) is 2.79. The smallest absolute Gasteiger partial charge is 0.160 e. The van der Waals surface area contributed by atoms with Gasteiger partial charge < -0.3 is 4.98 Å². The predicted octanol–water partition coefficient (Wildman–Crippen LogP) is 4.59. The zero-order chi connectivity index (χ0) is 15.1. The summed E-state index contributed by atoms with van der Waals surface area (Å²) in [6.45, 7) is 1.60. The second-order valence-electron chi connectivity index (χ2n) is 5.38. The number of nitrogens with one attached hydrogen (secondary N) is 1. The molecule has 106 valence electrons. The number of benzene rings is 2. The number of hydrogen-bond acceptors (Lipinski definition) is 2. The molecule has 3 nitrogen and oxygen atoms in total. The summed E-state index contributed by atoms with van der Waals surface area (Å²) in [7, 11) is 0. The van der Waals surface area contributed by atoms with Gasteiger partial charge in [-0.1, -0.05) is 36.4 Å². The second-order valence-corrected chi connectivity index (χ2v) is 5.38. The van der Waals surface area contributed by atoms with Crippen molar-refractivity contribution in [1.82, 2.24) is 9.97 Å². The topological polar surface area (TPSA) is 45.8 Å². The van der Waals surface area contributed by atoms with Gasteiger partial charge in [0.2, 0.25) is 0 Å². The molecule has 3 heteroatoms. The van der Waals surface area contributed by atoms with Crippen molar-refractivity contribution in [3.8, 4) is 11.3 Å². The number of hydrogen-bond donors (Lipinski definition) is 1. The zero-order valence-corrected chi connectivity index (χ0v) is 12.1. The van der Waals surface area contributed by atoms with E-state index in [4.69, 9.17) is 4.98 Å².